The molecule has 6 nitrogen and oxygen atoms in total. The molecule has 1 aliphatic rings. The molecule has 0 radical (unpaired) electrons. The van der Waals surface area contributed by atoms with Gasteiger partial charge in [-0.2, -0.15) is 4.98 Å². The lowest BCUT2D eigenvalue weighted by molar-refractivity contribution is 0.354. The predicted molar refractivity (Wildman–Crippen MR) is 80.5 cm³/mol. The summed E-state index contributed by atoms with van der Waals surface area (Å²) < 4.78 is 20.3. The molecule has 3 rings (SSSR count). The molecule has 0 saturated heterocycles. The number of hydrazine groups is 1. The van der Waals surface area contributed by atoms with E-state index in [0.29, 0.717) is 13.2 Å². The molecule has 0 spiro atoms. The molecule has 0 saturated carbocycles. The Labute approximate surface area is 129 Å². The molecule has 110 valence electrons. The van der Waals surface area contributed by atoms with Crippen molar-refractivity contribution < 1.29 is 9.13 Å². The van der Waals surface area contributed by atoms with Crippen molar-refractivity contribution in [2.75, 3.05) is 17.3 Å². The summed E-state index contributed by atoms with van der Waals surface area (Å²) >= 11 is 3.47. The average Bonchev–Trinajstić information content (AvgIpc) is 2.94. The SMILES string of the molecule is NNc1ncc(F)c(NCc2cc(Br)cc3c2OCC3)n1. The molecule has 0 atom stereocenters. The Morgan fingerprint density at radius 2 is 2.29 bits per heavy atom. The van der Waals surface area contributed by atoms with Gasteiger partial charge in [0.25, 0.3) is 0 Å². The van der Waals surface area contributed by atoms with Crippen LogP contribution in [-0.2, 0) is 13.0 Å². The van der Waals surface area contributed by atoms with Crippen molar-refractivity contribution in [2.45, 2.75) is 13.0 Å². The standard InChI is InChI=1S/C13H13BrFN5O/c14-9-3-7-1-2-21-11(7)8(4-9)5-17-12-10(15)6-18-13(19-12)20-16/h3-4,6H,1-2,5,16H2,(H2,17,18,19,20). The number of ether oxygens (including phenoxy) is 1. The fraction of sp³-hybridized carbons (Fsp3) is 0.231. The molecular formula is C13H13BrFN5O. The van der Waals surface area contributed by atoms with Crippen LogP contribution in [0.3, 0.4) is 0 Å². The Bertz CT molecular complexity index is 682. The maximum Gasteiger partial charge on any atom is 0.239 e. The van der Waals surface area contributed by atoms with E-state index in [4.69, 9.17) is 10.6 Å². The highest BCUT2D eigenvalue weighted by Gasteiger charge is 2.17. The van der Waals surface area contributed by atoms with Gasteiger partial charge >= 0.3 is 0 Å². The summed E-state index contributed by atoms with van der Waals surface area (Å²) in [6, 6.07) is 3.98. The normalized spacial score (nSPS) is 12.7. The lowest BCUT2D eigenvalue weighted by Gasteiger charge is -2.11. The number of nitrogen functional groups attached to an aromatic ring is 1. The lowest BCUT2D eigenvalue weighted by atomic mass is 10.1. The van der Waals surface area contributed by atoms with E-state index in [9.17, 15) is 4.39 Å². The van der Waals surface area contributed by atoms with Gasteiger partial charge in [0.05, 0.1) is 12.8 Å². The molecule has 2 heterocycles. The molecular weight excluding hydrogens is 341 g/mol. The number of hydrogen-bond donors (Lipinski definition) is 3. The van der Waals surface area contributed by atoms with E-state index in [2.05, 4.69) is 36.6 Å². The van der Waals surface area contributed by atoms with Crippen LogP contribution in [0.1, 0.15) is 11.1 Å². The zero-order valence-electron chi connectivity index (χ0n) is 11.0. The van der Waals surface area contributed by atoms with E-state index < -0.39 is 5.82 Å². The number of nitrogens with zero attached hydrogens (tertiary/aromatic N) is 2. The van der Waals surface area contributed by atoms with E-state index in [1.807, 2.05) is 12.1 Å². The smallest absolute Gasteiger partial charge is 0.239 e. The van der Waals surface area contributed by atoms with Crippen LogP contribution >= 0.6 is 15.9 Å². The van der Waals surface area contributed by atoms with Gasteiger partial charge in [0.2, 0.25) is 5.95 Å². The third-order valence-corrected chi connectivity index (χ3v) is 3.60. The van der Waals surface area contributed by atoms with Gasteiger partial charge in [-0.3, -0.25) is 5.43 Å². The topological polar surface area (TPSA) is 85.1 Å². The molecule has 0 amide bonds. The Balaban J connectivity index is 1.82. The number of fused-ring (bicyclic) bond motifs is 1. The van der Waals surface area contributed by atoms with Crippen molar-refractivity contribution >= 4 is 27.7 Å². The van der Waals surface area contributed by atoms with Crippen LogP contribution in [0, 0.1) is 5.82 Å². The highest BCUT2D eigenvalue weighted by Crippen LogP contribution is 2.33. The van der Waals surface area contributed by atoms with Gasteiger partial charge < -0.3 is 10.1 Å². The lowest BCUT2D eigenvalue weighted by Crippen LogP contribution is -2.13. The van der Waals surface area contributed by atoms with Crippen LogP contribution in [0.2, 0.25) is 0 Å². The summed E-state index contributed by atoms with van der Waals surface area (Å²) in [5.41, 5.74) is 4.37. The third kappa shape index (κ3) is 2.91. The molecule has 2 aromatic rings. The van der Waals surface area contributed by atoms with E-state index in [1.165, 1.54) is 0 Å². The maximum atomic E-state index is 13.7. The van der Waals surface area contributed by atoms with E-state index in [1.54, 1.807) is 0 Å². The van der Waals surface area contributed by atoms with Gasteiger partial charge in [0, 0.05) is 23.0 Å². The molecule has 1 aliphatic heterocycles. The first kappa shape index (κ1) is 14.0. The second kappa shape index (κ2) is 5.82. The first-order chi connectivity index (χ1) is 10.2. The summed E-state index contributed by atoms with van der Waals surface area (Å²) in [7, 11) is 0. The van der Waals surface area contributed by atoms with Gasteiger partial charge in [-0.05, 0) is 17.7 Å². The zero-order chi connectivity index (χ0) is 14.8. The molecule has 8 heteroatoms. The number of benzene rings is 1. The Kier molecular flexibility index (Phi) is 3.89. The monoisotopic (exact) mass is 353 g/mol. The number of anilines is 2. The highest BCUT2D eigenvalue weighted by atomic mass is 79.9. The van der Waals surface area contributed by atoms with Gasteiger partial charge in [-0.25, -0.2) is 15.2 Å². The Morgan fingerprint density at radius 1 is 1.43 bits per heavy atom. The Morgan fingerprint density at radius 3 is 3.10 bits per heavy atom. The van der Waals surface area contributed by atoms with E-state index >= 15 is 0 Å². The van der Waals surface area contributed by atoms with Gasteiger partial charge in [0.1, 0.15) is 5.75 Å². The van der Waals surface area contributed by atoms with Crippen molar-refractivity contribution in [3.8, 4) is 5.75 Å². The highest BCUT2D eigenvalue weighted by molar-refractivity contribution is 9.10. The van der Waals surface area contributed by atoms with Gasteiger partial charge in [-0.1, -0.05) is 15.9 Å². The number of aromatic nitrogens is 2. The fourth-order valence-corrected chi connectivity index (χ4v) is 2.77. The van der Waals surface area contributed by atoms with Crippen LogP contribution in [0.15, 0.2) is 22.8 Å². The number of nitrogens with two attached hydrogens (primary N) is 1. The summed E-state index contributed by atoms with van der Waals surface area (Å²) in [6.45, 7) is 1.06. The summed E-state index contributed by atoms with van der Waals surface area (Å²) in [5.74, 6) is 5.77. The number of hydrogen-bond acceptors (Lipinski definition) is 6. The van der Waals surface area contributed by atoms with Crippen molar-refractivity contribution in [1.82, 2.24) is 9.97 Å². The zero-order valence-corrected chi connectivity index (χ0v) is 12.6. The second-order valence-electron chi connectivity index (χ2n) is 4.54. The quantitative estimate of drug-likeness (QED) is 0.577. The van der Waals surface area contributed by atoms with E-state index in [-0.39, 0.29) is 11.8 Å². The molecule has 0 unspecified atom stereocenters. The second-order valence-corrected chi connectivity index (χ2v) is 5.46. The van der Waals surface area contributed by atoms with E-state index in [0.717, 1.165) is 34.0 Å². The largest absolute Gasteiger partial charge is 0.493 e. The summed E-state index contributed by atoms with van der Waals surface area (Å²) in [5, 5.41) is 2.94. The van der Waals surface area contributed by atoms with Crippen LogP contribution in [0.4, 0.5) is 16.2 Å². The fourth-order valence-electron chi connectivity index (χ4n) is 2.22. The van der Waals surface area contributed by atoms with Crippen molar-refractivity contribution in [3.05, 3.63) is 39.7 Å². The Hall–Kier alpha value is -1.93. The minimum atomic E-state index is -0.540. The minimum absolute atomic E-state index is 0.0877. The van der Waals surface area contributed by atoms with Gasteiger partial charge in [0.15, 0.2) is 11.6 Å². The molecule has 0 bridgehead atoms. The predicted octanol–water partition coefficient (Wildman–Crippen LogP) is 2.21. The van der Waals surface area contributed by atoms with Crippen molar-refractivity contribution in [1.29, 1.82) is 0 Å². The minimum Gasteiger partial charge on any atom is -0.493 e. The average molecular weight is 354 g/mol. The first-order valence-corrected chi connectivity index (χ1v) is 7.14. The summed E-state index contributed by atoms with van der Waals surface area (Å²) in [6.07, 6.45) is 1.94. The van der Waals surface area contributed by atoms with Crippen LogP contribution in [-0.4, -0.2) is 16.6 Å². The molecule has 0 fully saturated rings. The number of halogens is 2. The van der Waals surface area contributed by atoms with Crippen LogP contribution in [0.5, 0.6) is 5.75 Å². The maximum absolute atomic E-state index is 13.7. The molecule has 0 aliphatic carbocycles. The van der Waals surface area contributed by atoms with Crippen molar-refractivity contribution in [2.24, 2.45) is 5.84 Å². The third-order valence-electron chi connectivity index (χ3n) is 3.14. The molecule has 21 heavy (non-hydrogen) atoms. The number of nitrogens with one attached hydrogen (secondary N) is 2. The molecule has 4 N–H and O–H groups in total. The van der Waals surface area contributed by atoms with Gasteiger partial charge in [-0.15, -0.1) is 0 Å². The number of rotatable bonds is 4. The van der Waals surface area contributed by atoms with Crippen molar-refractivity contribution in [3.63, 3.8) is 0 Å². The molecule has 1 aromatic heterocycles. The molecule has 1 aromatic carbocycles. The van der Waals surface area contributed by atoms with Crippen LogP contribution in [0.25, 0.3) is 0 Å². The van der Waals surface area contributed by atoms with Crippen LogP contribution < -0.4 is 21.3 Å². The summed E-state index contributed by atoms with van der Waals surface area (Å²) in [4.78, 5) is 7.63. The first-order valence-electron chi connectivity index (χ1n) is 6.34.